The molecule has 0 aliphatic carbocycles. The van der Waals surface area contributed by atoms with E-state index in [9.17, 15) is 14.7 Å². The van der Waals surface area contributed by atoms with Crippen molar-refractivity contribution in [2.45, 2.75) is 6.04 Å². The molecule has 1 unspecified atom stereocenters. The molecule has 6 heteroatoms. The first-order valence-electron chi connectivity index (χ1n) is 9.15. The number of aromatic hydroxyl groups is 1. The highest BCUT2D eigenvalue weighted by Crippen LogP contribution is 2.35. The Morgan fingerprint density at radius 1 is 0.966 bits per heavy atom. The fraction of sp³-hybridized carbons (Fsp3) is 0.0870. The number of phenols is 1. The number of nitrogens with one attached hydrogen (secondary N) is 1. The van der Waals surface area contributed by atoms with Crippen LogP contribution in [-0.4, -0.2) is 20.8 Å². The SMILES string of the molecule is Cn1nc(C(=O)NC(c2ccccc2)c2c(O)ccc3ccccc23)ccc1=O. The summed E-state index contributed by atoms with van der Waals surface area (Å²) in [5.74, 6) is -0.354. The number of carbonyl (C=O) groups is 1. The molecule has 0 aliphatic heterocycles. The Morgan fingerprint density at radius 2 is 1.69 bits per heavy atom. The van der Waals surface area contributed by atoms with E-state index in [4.69, 9.17) is 0 Å². The molecular formula is C23H19N3O3. The maximum absolute atomic E-state index is 12.9. The molecule has 1 amide bonds. The van der Waals surface area contributed by atoms with Crippen LogP contribution < -0.4 is 10.9 Å². The normalized spacial score (nSPS) is 11.9. The van der Waals surface area contributed by atoms with Gasteiger partial charge in [0.05, 0.1) is 6.04 Å². The fourth-order valence-electron chi connectivity index (χ4n) is 3.38. The molecule has 2 N–H and O–H groups in total. The van der Waals surface area contributed by atoms with Crippen LogP contribution in [0.1, 0.15) is 27.7 Å². The zero-order chi connectivity index (χ0) is 20.4. The van der Waals surface area contributed by atoms with E-state index in [1.165, 1.54) is 19.2 Å². The van der Waals surface area contributed by atoms with E-state index in [-0.39, 0.29) is 17.0 Å². The summed E-state index contributed by atoms with van der Waals surface area (Å²) in [6.45, 7) is 0. The Bertz CT molecular complexity index is 1250. The molecule has 1 atom stereocenters. The average molecular weight is 385 g/mol. The summed E-state index contributed by atoms with van der Waals surface area (Å²) in [6, 6.07) is 22.7. The van der Waals surface area contributed by atoms with Crippen LogP contribution in [0.15, 0.2) is 83.7 Å². The van der Waals surface area contributed by atoms with Gasteiger partial charge in [-0.2, -0.15) is 5.10 Å². The standard InChI is InChI=1S/C23H19N3O3/c1-26-20(28)14-12-18(25-26)23(29)24-22(16-8-3-2-4-9-16)21-17-10-6-5-7-15(17)11-13-19(21)27/h2-14,22,27H,1H3,(H,24,29). The number of carbonyl (C=O) groups excluding carboxylic acids is 1. The Labute approximate surface area is 167 Å². The van der Waals surface area contributed by atoms with Crippen LogP contribution in [-0.2, 0) is 7.05 Å². The molecule has 1 heterocycles. The monoisotopic (exact) mass is 385 g/mol. The third-order valence-electron chi connectivity index (χ3n) is 4.84. The first-order chi connectivity index (χ1) is 14.0. The first kappa shape index (κ1) is 18.4. The summed E-state index contributed by atoms with van der Waals surface area (Å²) in [5.41, 5.74) is 1.24. The van der Waals surface area contributed by atoms with Crippen molar-refractivity contribution in [3.63, 3.8) is 0 Å². The molecule has 0 bridgehead atoms. The number of rotatable bonds is 4. The van der Waals surface area contributed by atoms with Gasteiger partial charge in [-0.25, -0.2) is 4.68 Å². The maximum atomic E-state index is 12.9. The topological polar surface area (TPSA) is 84.2 Å². The lowest BCUT2D eigenvalue weighted by Gasteiger charge is -2.22. The highest BCUT2D eigenvalue weighted by atomic mass is 16.3. The lowest BCUT2D eigenvalue weighted by molar-refractivity contribution is 0.0935. The molecule has 4 aromatic rings. The molecule has 0 radical (unpaired) electrons. The van der Waals surface area contributed by atoms with Crippen molar-refractivity contribution in [2.75, 3.05) is 0 Å². The van der Waals surface area contributed by atoms with Gasteiger partial charge in [-0.05, 0) is 28.5 Å². The molecule has 0 spiro atoms. The fourth-order valence-corrected chi connectivity index (χ4v) is 3.38. The molecule has 144 valence electrons. The highest BCUT2D eigenvalue weighted by molar-refractivity contribution is 5.94. The molecule has 0 saturated carbocycles. The minimum atomic E-state index is -0.603. The number of benzene rings is 3. The Morgan fingerprint density at radius 3 is 2.45 bits per heavy atom. The van der Waals surface area contributed by atoms with Crippen LogP contribution in [0.3, 0.4) is 0 Å². The molecule has 29 heavy (non-hydrogen) atoms. The van der Waals surface area contributed by atoms with Crippen molar-refractivity contribution in [1.29, 1.82) is 0 Å². The van der Waals surface area contributed by atoms with Crippen LogP contribution in [0.2, 0.25) is 0 Å². The van der Waals surface area contributed by atoms with E-state index in [2.05, 4.69) is 10.4 Å². The minimum absolute atomic E-state index is 0.0891. The van der Waals surface area contributed by atoms with Gasteiger partial charge in [-0.3, -0.25) is 9.59 Å². The number of hydrogen-bond donors (Lipinski definition) is 2. The smallest absolute Gasteiger partial charge is 0.272 e. The largest absolute Gasteiger partial charge is 0.508 e. The van der Waals surface area contributed by atoms with Gasteiger partial charge in [0.1, 0.15) is 11.4 Å². The van der Waals surface area contributed by atoms with Gasteiger partial charge in [-0.1, -0.05) is 60.7 Å². The van der Waals surface area contributed by atoms with Crippen molar-refractivity contribution >= 4 is 16.7 Å². The van der Waals surface area contributed by atoms with E-state index in [1.807, 2.05) is 60.7 Å². The molecule has 0 fully saturated rings. The third-order valence-corrected chi connectivity index (χ3v) is 4.84. The van der Waals surface area contributed by atoms with Gasteiger partial charge in [0.2, 0.25) is 0 Å². The zero-order valence-electron chi connectivity index (χ0n) is 15.7. The third kappa shape index (κ3) is 3.60. The number of aryl methyl sites for hydroxylation is 1. The van der Waals surface area contributed by atoms with Crippen molar-refractivity contribution in [2.24, 2.45) is 7.05 Å². The predicted molar refractivity (Wildman–Crippen MR) is 111 cm³/mol. The number of amides is 1. The summed E-state index contributed by atoms with van der Waals surface area (Å²) < 4.78 is 1.11. The van der Waals surface area contributed by atoms with E-state index in [0.29, 0.717) is 5.56 Å². The molecule has 1 aromatic heterocycles. The molecule has 0 aliphatic rings. The van der Waals surface area contributed by atoms with Crippen molar-refractivity contribution < 1.29 is 9.90 Å². The molecule has 0 saturated heterocycles. The molecule has 6 nitrogen and oxygen atoms in total. The van der Waals surface area contributed by atoms with Crippen molar-refractivity contribution in [3.8, 4) is 5.75 Å². The minimum Gasteiger partial charge on any atom is -0.508 e. The van der Waals surface area contributed by atoms with E-state index in [0.717, 1.165) is 21.0 Å². The van der Waals surface area contributed by atoms with E-state index >= 15 is 0 Å². The maximum Gasteiger partial charge on any atom is 0.272 e. The van der Waals surface area contributed by atoms with Crippen LogP contribution in [0.4, 0.5) is 0 Å². The second-order valence-electron chi connectivity index (χ2n) is 6.72. The number of nitrogens with zero attached hydrogens (tertiary/aromatic N) is 2. The quantitative estimate of drug-likeness (QED) is 0.565. The summed E-state index contributed by atoms with van der Waals surface area (Å²) in [5, 5.41) is 19.5. The second-order valence-corrected chi connectivity index (χ2v) is 6.72. The van der Waals surface area contributed by atoms with E-state index < -0.39 is 11.9 Å². The van der Waals surface area contributed by atoms with Gasteiger partial charge < -0.3 is 10.4 Å². The first-order valence-corrected chi connectivity index (χ1v) is 9.15. The highest BCUT2D eigenvalue weighted by Gasteiger charge is 2.23. The number of hydrogen-bond acceptors (Lipinski definition) is 4. The number of aromatic nitrogens is 2. The Balaban J connectivity index is 1.84. The van der Waals surface area contributed by atoms with Gasteiger partial charge in [0, 0.05) is 18.7 Å². The van der Waals surface area contributed by atoms with Crippen LogP contribution in [0.5, 0.6) is 5.75 Å². The van der Waals surface area contributed by atoms with Gasteiger partial charge in [0.15, 0.2) is 0 Å². The Kier molecular flexibility index (Phi) is 4.83. The number of fused-ring (bicyclic) bond motifs is 1. The summed E-state index contributed by atoms with van der Waals surface area (Å²) >= 11 is 0. The van der Waals surface area contributed by atoms with Crippen molar-refractivity contribution in [3.05, 3.63) is 106 Å². The predicted octanol–water partition coefficient (Wildman–Crippen LogP) is 3.16. The van der Waals surface area contributed by atoms with Gasteiger partial charge in [0.25, 0.3) is 11.5 Å². The van der Waals surface area contributed by atoms with E-state index in [1.54, 1.807) is 6.07 Å². The zero-order valence-corrected chi connectivity index (χ0v) is 15.7. The van der Waals surface area contributed by atoms with Crippen LogP contribution in [0, 0.1) is 0 Å². The van der Waals surface area contributed by atoms with Crippen LogP contribution >= 0.6 is 0 Å². The summed E-state index contributed by atoms with van der Waals surface area (Å²) in [4.78, 5) is 24.5. The average Bonchev–Trinajstić information content (AvgIpc) is 2.75. The lowest BCUT2D eigenvalue weighted by Crippen LogP contribution is -2.32. The number of phenolic OH excluding ortho intramolecular Hbond substituents is 1. The summed E-state index contributed by atoms with van der Waals surface area (Å²) in [6.07, 6.45) is 0. The molecular weight excluding hydrogens is 366 g/mol. The van der Waals surface area contributed by atoms with Gasteiger partial charge >= 0.3 is 0 Å². The lowest BCUT2D eigenvalue weighted by atomic mass is 9.92. The van der Waals surface area contributed by atoms with Crippen LogP contribution in [0.25, 0.3) is 10.8 Å². The second kappa shape index (κ2) is 7.59. The molecule has 4 rings (SSSR count). The Hall–Kier alpha value is -3.93. The summed E-state index contributed by atoms with van der Waals surface area (Å²) in [7, 11) is 1.49. The molecule has 3 aromatic carbocycles. The van der Waals surface area contributed by atoms with Gasteiger partial charge in [-0.15, -0.1) is 0 Å². The van der Waals surface area contributed by atoms with Crippen molar-refractivity contribution in [1.82, 2.24) is 15.1 Å².